The topological polar surface area (TPSA) is 43.1 Å². The van der Waals surface area contributed by atoms with Crippen molar-refractivity contribution in [2.75, 3.05) is 0 Å². The van der Waals surface area contributed by atoms with E-state index in [0.29, 0.717) is 6.07 Å². The molecule has 0 spiro atoms. The summed E-state index contributed by atoms with van der Waals surface area (Å²) in [5.74, 6) is -2.90. The number of benzene rings is 2. The molecule has 0 saturated carbocycles. The molecular weight excluding hydrogens is 346 g/mol. The molecule has 0 aliphatic heterocycles. The Labute approximate surface area is 150 Å². The van der Waals surface area contributed by atoms with Crippen molar-refractivity contribution in [3.63, 3.8) is 0 Å². The van der Waals surface area contributed by atoms with Crippen LogP contribution in [-0.4, -0.2) is 5.91 Å². The van der Waals surface area contributed by atoms with Gasteiger partial charge in [0.2, 0.25) is 5.91 Å². The van der Waals surface area contributed by atoms with Crippen LogP contribution in [0.2, 0.25) is 0 Å². The Hall–Kier alpha value is -2.37. The second kappa shape index (κ2) is 7.09. The summed E-state index contributed by atoms with van der Waals surface area (Å²) in [5, 5.41) is 0. The highest BCUT2D eigenvalue weighted by atomic mass is 19.4. The van der Waals surface area contributed by atoms with Crippen LogP contribution >= 0.6 is 0 Å². The quantitative estimate of drug-likeness (QED) is 0.763. The number of alkyl halides is 3. The second-order valence-corrected chi connectivity index (χ2v) is 7.38. The summed E-state index contributed by atoms with van der Waals surface area (Å²) in [6, 6.07) is 9.52. The monoisotopic (exact) mass is 367 g/mol. The summed E-state index contributed by atoms with van der Waals surface area (Å²) < 4.78 is 52.4. The van der Waals surface area contributed by atoms with E-state index in [2.05, 4.69) is 20.8 Å². The first-order valence-electron chi connectivity index (χ1n) is 8.14. The summed E-state index contributed by atoms with van der Waals surface area (Å²) in [4.78, 5) is 11.8. The number of hydrogen-bond donors (Lipinski definition) is 1. The Balaban J connectivity index is 2.36. The van der Waals surface area contributed by atoms with Gasteiger partial charge >= 0.3 is 6.18 Å². The van der Waals surface area contributed by atoms with E-state index in [1.165, 1.54) is 0 Å². The van der Waals surface area contributed by atoms with E-state index >= 15 is 0 Å². The Kier molecular flexibility index (Phi) is 5.44. The minimum absolute atomic E-state index is 0.0498. The maximum atomic E-state index is 13.7. The Morgan fingerprint density at radius 3 is 2.04 bits per heavy atom. The SMILES string of the molecule is CC(C)(C)c1ccc(CC(C(N)=O)c2cc(F)cc(C(F)(F)F)c2)cc1. The number of rotatable bonds is 4. The van der Waals surface area contributed by atoms with Gasteiger partial charge in [-0.1, -0.05) is 45.0 Å². The van der Waals surface area contributed by atoms with Crippen LogP contribution in [0.3, 0.4) is 0 Å². The maximum absolute atomic E-state index is 13.7. The van der Waals surface area contributed by atoms with Gasteiger partial charge in [0.05, 0.1) is 11.5 Å². The Bertz CT molecular complexity index is 789. The van der Waals surface area contributed by atoms with Crippen LogP contribution in [-0.2, 0) is 22.8 Å². The van der Waals surface area contributed by atoms with E-state index in [9.17, 15) is 22.4 Å². The van der Waals surface area contributed by atoms with Crippen LogP contribution in [0.25, 0.3) is 0 Å². The molecule has 0 aliphatic rings. The van der Waals surface area contributed by atoms with E-state index in [4.69, 9.17) is 5.73 Å². The van der Waals surface area contributed by atoms with Gasteiger partial charge in [-0.25, -0.2) is 4.39 Å². The van der Waals surface area contributed by atoms with Crippen LogP contribution in [0, 0.1) is 5.82 Å². The molecule has 2 rings (SSSR count). The van der Waals surface area contributed by atoms with Crippen molar-refractivity contribution >= 4 is 5.91 Å². The van der Waals surface area contributed by atoms with E-state index in [1.54, 1.807) is 12.1 Å². The van der Waals surface area contributed by atoms with Crippen molar-refractivity contribution in [2.45, 2.75) is 44.7 Å². The molecule has 0 aromatic heterocycles. The van der Waals surface area contributed by atoms with Crippen molar-refractivity contribution in [1.29, 1.82) is 0 Å². The van der Waals surface area contributed by atoms with Crippen LogP contribution in [0.4, 0.5) is 17.6 Å². The summed E-state index contributed by atoms with van der Waals surface area (Å²) >= 11 is 0. The average Bonchev–Trinajstić information content (AvgIpc) is 2.50. The zero-order chi connectivity index (χ0) is 19.7. The molecule has 0 bridgehead atoms. The standard InChI is InChI=1S/C20H21F4NO/c1-19(2,3)14-6-4-12(5-7-14)8-17(18(25)26)13-9-15(20(22,23)24)11-16(21)10-13/h4-7,9-11,17H,8H2,1-3H3,(H2,25,26). The van der Waals surface area contributed by atoms with Gasteiger partial charge < -0.3 is 5.73 Å². The summed E-state index contributed by atoms with van der Waals surface area (Å²) in [7, 11) is 0. The Morgan fingerprint density at radius 1 is 1.00 bits per heavy atom. The lowest BCUT2D eigenvalue weighted by molar-refractivity contribution is -0.138. The largest absolute Gasteiger partial charge is 0.416 e. The predicted octanol–water partition coefficient (Wildman–Crippen LogP) is 4.95. The molecule has 2 aromatic rings. The van der Waals surface area contributed by atoms with Gasteiger partial charge in [0.15, 0.2) is 0 Å². The fourth-order valence-corrected chi connectivity index (χ4v) is 2.74. The van der Waals surface area contributed by atoms with E-state index in [-0.39, 0.29) is 17.4 Å². The smallest absolute Gasteiger partial charge is 0.369 e. The van der Waals surface area contributed by atoms with Crippen LogP contribution in [0.15, 0.2) is 42.5 Å². The van der Waals surface area contributed by atoms with Crippen molar-refractivity contribution < 1.29 is 22.4 Å². The zero-order valence-corrected chi connectivity index (χ0v) is 14.8. The fourth-order valence-electron chi connectivity index (χ4n) is 2.74. The highest BCUT2D eigenvalue weighted by Gasteiger charge is 2.32. The van der Waals surface area contributed by atoms with E-state index in [0.717, 1.165) is 23.3 Å². The van der Waals surface area contributed by atoms with Crippen molar-refractivity contribution in [2.24, 2.45) is 5.73 Å². The minimum Gasteiger partial charge on any atom is -0.369 e. The molecule has 0 radical (unpaired) electrons. The van der Waals surface area contributed by atoms with E-state index < -0.39 is 29.4 Å². The van der Waals surface area contributed by atoms with Gasteiger partial charge in [-0.15, -0.1) is 0 Å². The molecule has 0 heterocycles. The second-order valence-electron chi connectivity index (χ2n) is 7.38. The van der Waals surface area contributed by atoms with Gasteiger partial charge in [0, 0.05) is 0 Å². The highest BCUT2D eigenvalue weighted by molar-refractivity contribution is 5.82. The number of primary amides is 1. The van der Waals surface area contributed by atoms with Gasteiger partial charge in [0.25, 0.3) is 0 Å². The number of carbonyl (C=O) groups excluding carboxylic acids is 1. The van der Waals surface area contributed by atoms with Crippen LogP contribution in [0.1, 0.15) is 48.9 Å². The molecule has 1 unspecified atom stereocenters. The molecule has 1 amide bonds. The fraction of sp³-hybridized carbons (Fsp3) is 0.350. The van der Waals surface area contributed by atoms with Crippen LogP contribution < -0.4 is 5.73 Å². The van der Waals surface area contributed by atoms with Crippen molar-refractivity contribution in [3.05, 3.63) is 70.5 Å². The Morgan fingerprint density at radius 2 is 1.58 bits per heavy atom. The third-order valence-electron chi connectivity index (χ3n) is 4.25. The lowest BCUT2D eigenvalue weighted by atomic mass is 9.85. The molecule has 0 aliphatic carbocycles. The summed E-state index contributed by atoms with van der Waals surface area (Å²) in [6.07, 6.45) is -4.60. The molecule has 0 fully saturated rings. The number of carbonyl (C=O) groups is 1. The molecule has 6 heteroatoms. The van der Waals surface area contributed by atoms with Gasteiger partial charge in [-0.3, -0.25) is 4.79 Å². The molecule has 140 valence electrons. The predicted molar refractivity (Wildman–Crippen MR) is 92.2 cm³/mol. The van der Waals surface area contributed by atoms with Crippen molar-refractivity contribution in [3.8, 4) is 0 Å². The molecule has 2 aromatic carbocycles. The number of halogens is 4. The molecule has 1 atom stereocenters. The normalized spacial score (nSPS) is 13.5. The van der Waals surface area contributed by atoms with Gasteiger partial charge in [-0.2, -0.15) is 13.2 Å². The highest BCUT2D eigenvalue weighted by Crippen LogP contribution is 2.33. The molecule has 2 N–H and O–H groups in total. The number of nitrogens with two attached hydrogens (primary N) is 1. The third-order valence-corrected chi connectivity index (χ3v) is 4.25. The first-order valence-corrected chi connectivity index (χ1v) is 8.14. The molecule has 0 saturated heterocycles. The first-order chi connectivity index (χ1) is 11.9. The van der Waals surface area contributed by atoms with Crippen LogP contribution in [0.5, 0.6) is 0 Å². The van der Waals surface area contributed by atoms with Gasteiger partial charge in [-0.05, 0) is 46.7 Å². The van der Waals surface area contributed by atoms with Gasteiger partial charge in [0.1, 0.15) is 5.82 Å². The number of amides is 1. The summed E-state index contributed by atoms with van der Waals surface area (Å²) in [5.41, 5.74) is 5.94. The van der Waals surface area contributed by atoms with E-state index in [1.807, 2.05) is 12.1 Å². The molecule has 2 nitrogen and oxygen atoms in total. The molecular formula is C20H21F4NO. The average molecular weight is 367 g/mol. The first kappa shape index (κ1) is 19.9. The lowest BCUT2D eigenvalue weighted by Crippen LogP contribution is -2.24. The molecule has 26 heavy (non-hydrogen) atoms. The number of hydrogen-bond acceptors (Lipinski definition) is 1. The summed E-state index contributed by atoms with van der Waals surface area (Å²) in [6.45, 7) is 6.17. The minimum atomic E-state index is -4.70. The zero-order valence-electron chi connectivity index (χ0n) is 14.8. The maximum Gasteiger partial charge on any atom is 0.416 e. The third kappa shape index (κ3) is 4.84. The van der Waals surface area contributed by atoms with Crippen molar-refractivity contribution in [1.82, 2.24) is 0 Å². The lowest BCUT2D eigenvalue weighted by Gasteiger charge is -2.20.